The Morgan fingerprint density at radius 3 is 1.78 bits per heavy atom. The second-order valence-electron chi connectivity index (χ2n) is 1.22. The van der Waals surface area contributed by atoms with E-state index in [1.165, 1.54) is 0 Å². The largest absolute Gasteiger partial charge is 0.364 e. The number of methoxy groups -OCH3 is 1. The van der Waals surface area contributed by atoms with Crippen LogP contribution in [0.4, 0.5) is 13.2 Å². The van der Waals surface area contributed by atoms with Crippen LogP contribution in [0.3, 0.4) is 0 Å². The molecule has 0 aliphatic rings. The molecule has 0 rings (SSSR count). The summed E-state index contributed by atoms with van der Waals surface area (Å²) in [5.41, 5.74) is 0. The first-order valence-corrected chi connectivity index (χ1v) is 3.68. The number of alkyl halides is 5. The van der Waals surface area contributed by atoms with E-state index < -0.39 is 8.69 Å². The number of hydrogen-bond donors (Lipinski definition) is 0. The van der Waals surface area contributed by atoms with Gasteiger partial charge in [0.1, 0.15) is 0 Å². The molecule has 0 spiro atoms. The molecule has 0 heterocycles. The summed E-state index contributed by atoms with van der Waals surface area (Å²) in [6.45, 7) is 0. The maximum Gasteiger partial charge on any atom is 0.364 e. The summed E-state index contributed by atoms with van der Waals surface area (Å²) >= 11 is 2.69. The van der Waals surface area contributed by atoms with Crippen molar-refractivity contribution in [3.63, 3.8) is 0 Å². The predicted octanol–water partition coefficient (Wildman–Crippen LogP) is 2.68. The first-order chi connectivity index (χ1) is 3.81. The molecule has 0 amide bonds. The van der Waals surface area contributed by atoms with Crippen LogP contribution in [0, 0.1) is 0 Å². The molecule has 0 radical (unpaired) electrons. The maximum absolute atomic E-state index is 12.3. The second kappa shape index (κ2) is 2.91. The molecule has 6 heteroatoms. The van der Waals surface area contributed by atoms with E-state index in [1.54, 1.807) is 0 Å². The van der Waals surface area contributed by atoms with Crippen LogP contribution < -0.4 is 0 Å². The molecule has 0 bridgehead atoms. The quantitative estimate of drug-likeness (QED) is 0.562. The summed E-state index contributed by atoms with van der Waals surface area (Å²) in [7, 11) is 0.849. The van der Waals surface area contributed by atoms with E-state index in [-0.39, 0.29) is 0 Å². The fourth-order valence-corrected chi connectivity index (χ4v) is 0.336. The summed E-state index contributed by atoms with van der Waals surface area (Å²) in [5, 5.41) is 0. The van der Waals surface area contributed by atoms with Gasteiger partial charge in [-0.25, -0.2) is 0 Å². The van der Waals surface area contributed by atoms with E-state index in [0.29, 0.717) is 22.6 Å². The molecule has 1 nitrogen and oxygen atoms in total. The van der Waals surface area contributed by atoms with Gasteiger partial charge in [-0.05, 0) is 15.9 Å². The maximum atomic E-state index is 12.3. The van der Waals surface area contributed by atoms with Gasteiger partial charge in [0.15, 0.2) is 0 Å². The highest BCUT2D eigenvalue weighted by Crippen LogP contribution is 2.43. The van der Waals surface area contributed by atoms with E-state index in [2.05, 4.69) is 20.7 Å². The topological polar surface area (TPSA) is 9.23 Å². The molecule has 0 N–H and O–H groups in total. The normalized spacial score (nSPS) is 19.3. The summed E-state index contributed by atoms with van der Waals surface area (Å²) in [6.07, 6.45) is 0. The Balaban J connectivity index is 4.14. The first-order valence-electron chi connectivity index (χ1n) is 1.81. The van der Waals surface area contributed by atoms with E-state index >= 15 is 0 Å². The molecular formula is C3H3BrF3IO. The van der Waals surface area contributed by atoms with Crippen molar-refractivity contribution in [1.82, 2.24) is 0 Å². The minimum absolute atomic E-state index is 0.639. The summed E-state index contributed by atoms with van der Waals surface area (Å²) < 4.78 is 33.3. The molecule has 1 unspecified atom stereocenters. The highest BCUT2D eigenvalue weighted by molar-refractivity contribution is 14.1. The van der Waals surface area contributed by atoms with Gasteiger partial charge < -0.3 is 4.74 Å². The molecule has 0 saturated carbocycles. The molecule has 1 atom stereocenters. The van der Waals surface area contributed by atoms with Crippen LogP contribution in [0.5, 0.6) is 0 Å². The molecular weight excluding hydrogens is 316 g/mol. The first kappa shape index (κ1) is 9.96. The molecule has 0 saturated heterocycles. The standard InChI is InChI=1S/C3H3BrF3IO/c1-9-2(4,5)3(6,7)8/h1H3. The van der Waals surface area contributed by atoms with Crippen LogP contribution in [0.25, 0.3) is 0 Å². The Kier molecular flexibility index (Phi) is 3.22. The van der Waals surface area contributed by atoms with Gasteiger partial charge in [-0.15, -0.1) is 0 Å². The minimum atomic E-state index is -3.56. The van der Waals surface area contributed by atoms with Crippen LogP contribution in [0.1, 0.15) is 0 Å². The molecule has 0 aliphatic heterocycles. The highest BCUT2D eigenvalue weighted by atomic mass is 127. The molecule has 56 valence electrons. The number of rotatable bonds is 2. The second-order valence-corrected chi connectivity index (χ2v) is 3.59. The summed E-state index contributed by atoms with van der Waals surface area (Å²) in [5.74, 6) is 0. The lowest BCUT2D eigenvalue weighted by molar-refractivity contribution is -0.142. The van der Waals surface area contributed by atoms with Gasteiger partial charge >= 0.3 is 8.69 Å². The third-order valence-corrected chi connectivity index (χ3v) is 2.84. The van der Waals surface area contributed by atoms with Gasteiger partial charge in [0, 0.05) is 29.7 Å². The third-order valence-electron chi connectivity index (χ3n) is 0.586. The smallest absolute Gasteiger partial charge is 0.335 e. The molecule has 0 aromatic carbocycles. The molecule has 0 aromatic heterocycles. The number of hydrogen-bond acceptors (Lipinski definition) is 1. The van der Waals surface area contributed by atoms with Gasteiger partial charge in [0.2, 0.25) is 0 Å². The van der Waals surface area contributed by atoms with Crippen LogP contribution in [0.2, 0.25) is 0 Å². The van der Waals surface area contributed by atoms with Crippen molar-refractivity contribution in [2.24, 2.45) is 0 Å². The van der Waals surface area contributed by atoms with Crippen LogP contribution in [0.15, 0.2) is 0 Å². The Hall–Kier alpha value is 0.960. The van der Waals surface area contributed by atoms with E-state index in [1.807, 2.05) is 0 Å². The molecule has 0 aromatic rings. The highest BCUT2D eigenvalue weighted by Gasteiger charge is 2.51. The fourth-order valence-electron chi connectivity index (χ4n) is 0.116. The van der Waals surface area contributed by atoms with Crippen LogP contribution >= 0.6 is 38.5 Å². The molecule has 0 aliphatic carbocycles. The molecule has 9 heavy (non-hydrogen) atoms. The van der Waals surface area contributed by atoms with Crippen molar-refractivity contribution < 1.29 is 17.9 Å². The van der Waals surface area contributed by atoms with E-state index in [0.717, 1.165) is 7.11 Å². The lowest BCUT2D eigenvalue weighted by atomic mass is 10.7. The predicted molar refractivity (Wildman–Crippen MR) is 38.7 cm³/mol. The van der Waals surface area contributed by atoms with Crippen LogP contribution in [-0.4, -0.2) is 15.8 Å². The third kappa shape index (κ3) is 2.58. The Bertz CT molecular complexity index is 102. The van der Waals surface area contributed by atoms with Crippen molar-refractivity contribution in [2.45, 2.75) is 8.69 Å². The Morgan fingerprint density at radius 2 is 1.78 bits per heavy atom. The minimum Gasteiger partial charge on any atom is -0.335 e. The van der Waals surface area contributed by atoms with Crippen molar-refractivity contribution in [3.8, 4) is 0 Å². The van der Waals surface area contributed by atoms with Gasteiger partial charge in [-0.3, -0.25) is 0 Å². The SMILES string of the molecule is COC(F)(Br)C(F)(F)I. The number of halogens is 5. The zero-order chi connectivity index (χ0) is 7.71. The molecule has 0 fully saturated rings. The summed E-state index contributed by atoms with van der Waals surface area (Å²) in [4.78, 5) is 0. The lowest BCUT2D eigenvalue weighted by Crippen LogP contribution is -2.34. The van der Waals surface area contributed by atoms with Crippen molar-refractivity contribution >= 4 is 38.5 Å². The average molecular weight is 319 g/mol. The number of ether oxygens (including phenoxy) is 1. The van der Waals surface area contributed by atoms with Gasteiger partial charge in [0.05, 0.1) is 0 Å². The Labute approximate surface area is 72.2 Å². The van der Waals surface area contributed by atoms with E-state index in [4.69, 9.17) is 0 Å². The van der Waals surface area contributed by atoms with Crippen LogP contribution in [-0.2, 0) is 4.74 Å². The zero-order valence-electron chi connectivity index (χ0n) is 4.30. The van der Waals surface area contributed by atoms with Crippen molar-refractivity contribution in [3.05, 3.63) is 0 Å². The van der Waals surface area contributed by atoms with Gasteiger partial charge in [-0.1, -0.05) is 0 Å². The zero-order valence-corrected chi connectivity index (χ0v) is 8.04. The Morgan fingerprint density at radius 1 is 1.44 bits per heavy atom. The van der Waals surface area contributed by atoms with Gasteiger partial charge in [0.25, 0.3) is 0 Å². The fraction of sp³-hybridized carbons (Fsp3) is 1.00. The van der Waals surface area contributed by atoms with Crippen molar-refractivity contribution in [1.29, 1.82) is 0 Å². The average Bonchev–Trinajstić information content (AvgIpc) is 1.64. The lowest BCUT2D eigenvalue weighted by Gasteiger charge is -2.20. The monoisotopic (exact) mass is 318 g/mol. The van der Waals surface area contributed by atoms with Crippen molar-refractivity contribution in [2.75, 3.05) is 7.11 Å². The summed E-state index contributed by atoms with van der Waals surface area (Å²) in [6, 6.07) is 0. The van der Waals surface area contributed by atoms with Gasteiger partial charge in [-0.2, -0.15) is 13.2 Å². The van der Waals surface area contributed by atoms with E-state index in [9.17, 15) is 13.2 Å².